The molecule has 0 spiro atoms. The fourth-order valence-corrected chi connectivity index (χ4v) is 1.73. The number of carbonyl (C=O) groups excluding carboxylic acids is 1. The van der Waals surface area contributed by atoms with E-state index in [1.165, 1.54) is 17.0 Å². The molecule has 0 saturated heterocycles. The molecule has 0 heterocycles. The molecular weight excluding hydrogens is 337 g/mol. The number of benzene rings is 1. The quantitative estimate of drug-likeness (QED) is 0.442. The summed E-state index contributed by atoms with van der Waals surface area (Å²) in [6.45, 7) is 2.95. The van der Waals surface area contributed by atoms with Crippen LogP contribution in [0.3, 0.4) is 0 Å². The van der Waals surface area contributed by atoms with Gasteiger partial charge in [0, 0.05) is 20.6 Å². The second-order valence-electron chi connectivity index (χ2n) is 5.28. The summed E-state index contributed by atoms with van der Waals surface area (Å²) in [7, 11) is 3.28. The Labute approximate surface area is 145 Å². The lowest BCUT2D eigenvalue weighted by atomic mass is 10.2. The fraction of sp³-hybridized carbons (Fsp3) is 0.500. The van der Waals surface area contributed by atoms with Crippen molar-refractivity contribution in [2.75, 3.05) is 40.3 Å². The van der Waals surface area contributed by atoms with Crippen molar-refractivity contribution >= 4 is 11.9 Å². The normalized spacial score (nSPS) is 11.8. The minimum atomic E-state index is -4.40. The molecule has 1 amide bonds. The first kappa shape index (κ1) is 20.6. The zero-order chi connectivity index (χ0) is 18.9. The fourth-order valence-electron chi connectivity index (χ4n) is 1.73. The molecule has 6 nitrogen and oxygen atoms in total. The number of carbonyl (C=O) groups is 1. The summed E-state index contributed by atoms with van der Waals surface area (Å²) in [6.07, 6.45) is -4.40. The van der Waals surface area contributed by atoms with Crippen LogP contribution in [0.5, 0.6) is 5.75 Å². The number of ether oxygens (including phenoxy) is 1. The van der Waals surface area contributed by atoms with Crippen LogP contribution >= 0.6 is 0 Å². The lowest BCUT2D eigenvalue weighted by Gasteiger charge is -2.13. The van der Waals surface area contributed by atoms with Crippen molar-refractivity contribution in [1.29, 1.82) is 0 Å². The summed E-state index contributed by atoms with van der Waals surface area (Å²) < 4.78 is 43.2. The molecule has 0 unspecified atom stereocenters. The van der Waals surface area contributed by atoms with E-state index < -0.39 is 11.7 Å². The van der Waals surface area contributed by atoms with Gasteiger partial charge in [-0.3, -0.25) is 4.79 Å². The first-order chi connectivity index (χ1) is 11.7. The summed E-state index contributed by atoms with van der Waals surface area (Å²) in [5, 5.41) is 5.92. The molecule has 2 N–H and O–H groups in total. The molecular formula is C16H23F3N4O2. The Kier molecular flexibility index (Phi) is 8.03. The van der Waals surface area contributed by atoms with Gasteiger partial charge in [-0.2, -0.15) is 13.2 Å². The van der Waals surface area contributed by atoms with Crippen LogP contribution in [-0.2, 0) is 11.0 Å². The molecule has 0 aliphatic carbocycles. The van der Waals surface area contributed by atoms with E-state index in [0.717, 1.165) is 12.1 Å². The van der Waals surface area contributed by atoms with E-state index in [2.05, 4.69) is 15.6 Å². The van der Waals surface area contributed by atoms with Gasteiger partial charge >= 0.3 is 6.18 Å². The van der Waals surface area contributed by atoms with Crippen LogP contribution in [0, 0.1) is 0 Å². The van der Waals surface area contributed by atoms with Crippen molar-refractivity contribution in [3.63, 3.8) is 0 Å². The van der Waals surface area contributed by atoms with E-state index in [1.54, 1.807) is 14.1 Å². The number of hydrogen-bond acceptors (Lipinski definition) is 3. The van der Waals surface area contributed by atoms with Gasteiger partial charge in [-0.15, -0.1) is 0 Å². The van der Waals surface area contributed by atoms with Crippen molar-refractivity contribution < 1.29 is 22.7 Å². The summed E-state index contributed by atoms with van der Waals surface area (Å²) in [4.78, 5) is 17.1. The molecule has 140 valence electrons. The average molecular weight is 360 g/mol. The molecule has 0 bridgehead atoms. The molecule has 1 rings (SSSR count). The van der Waals surface area contributed by atoms with E-state index in [-0.39, 0.29) is 24.8 Å². The smallest absolute Gasteiger partial charge is 0.416 e. The minimum Gasteiger partial charge on any atom is -0.492 e. The first-order valence-corrected chi connectivity index (χ1v) is 7.76. The Bertz CT molecular complexity index is 589. The third-order valence-corrected chi connectivity index (χ3v) is 3.04. The van der Waals surface area contributed by atoms with E-state index in [9.17, 15) is 18.0 Å². The zero-order valence-electron chi connectivity index (χ0n) is 14.5. The van der Waals surface area contributed by atoms with E-state index in [0.29, 0.717) is 19.0 Å². The van der Waals surface area contributed by atoms with Gasteiger partial charge < -0.3 is 20.3 Å². The van der Waals surface area contributed by atoms with Crippen molar-refractivity contribution in [3.05, 3.63) is 29.8 Å². The maximum atomic E-state index is 12.6. The van der Waals surface area contributed by atoms with Crippen LogP contribution in [0.15, 0.2) is 29.3 Å². The number of halogens is 3. The van der Waals surface area contributed by atoms with E-state index in [1.807, 2.05) is 6.92 Å². The number of likely N-dealkylation sites (N-methyl/N-ethyl adjacent to an activating group) is 1. The standard InChI is InChI=1S/C16H23F3N4O2/c1-4-20-15(22-11-14(24)23(2)3)21-8-9-25-13-7-5-6-12(10-13)16(17,18)19/h5-7,10H,4,8-9,11H2,1-3H3,(H2,20,21,22). The van der Waals surface area contributed by atoms with Gasteiger partial charge in [-0.1, -0.05) is 6.07 Å². The van der Waals surface area contributed by atoms with E-state index in [4.69, 9.17) is 4.74 Å². The third-order valence-electron chi connectivity index (χ3n) is 3.04. The SMILES string of the molecule is CCNC(=NCC(=O)N(C)C)NCCOc1cccc(C(F)(F)F)c1. The zero-order valence-corrected chi connectivity index (χ0v) is 14.5. The summed E-state index contributed by atoms with van der Waals surface area (Å²) in [5.41, 5.74) is -0.755. The van der Waals surface area contributed by atoms with Crippen LogP contribution < -0.4 is 15.4 Å². The Morgan fingerprint density at radius 1 is 1.28 bits per heavy atom. The highest BCUT2D eigenvalue weighted by molar-refractivity contribution is 5.84. The van der Waals surface area contributed by atoms with Crippen molar-refractivity contribution in [2.24, 2.45) is 4.99 Å². The van der Waals surface area contributed by atoms with Gasteiger partial charge in [-0.25, -0.2) is 4.99 Å². The molecule has 0 saturated carbocycles. The highest BCUT2D eigenvalue weighted by atomic mass is 19.4. The molecule has 0 aliphatic heterocycles. The predicted molar refractivity (Wildman–Crippen MR) is 89.6 cm³/mol. The predicted octanol–water partition coefficient (Wildman–Crippen LogP) is 1.73. The highest BCUT2D eigenvalue weighted by Crippen LogP contribution is 2.31. The summed E-state index contributed by atoms with van der Waals surface area (Å²) in [6, 6.07) is 4.70. The van der Waals surface area contributed by atoms with Gasteiger partial charge in [0.2, 0.25) is 5.91 Å². The van der Waals surface area contributed by atoms with Crippen LogP contribution in [0.2, 0.25) is 0 Å². The molecule has 0 atom stereocenters. The van der Waals surface area contributed by atoms with Gasteiger partial charge in [0.25, 0.3) is 0 Å². The molecule has 9 heteroatoms. The molecule has 0 aliphatic rings. The second-order valence-corrected chi connectivity index (χ2v) is 5.28. The third kappa shape index (κ3) is 7.77. The maximum Gasteiger partial charge on any atom is 0.416 e. The molecule has 25 heavy (non-hydrogen) atoms. The number of guanidine groups is 1. The largest absolute Gasteiger partial charge is 0.492 e. The second kappa shape index (κ2) is 9.75. The molecule has 1 aromatic carbocycles. The van der Waals surface area contributed by atoms with Gasteiger partial charge in [0.15, 0.2) is 5.96 Å². The molecule has 0 fully saturated rings. The number of amides is 1. The lowest BCUT2D eigenvalue weighted by Crippen LogP contribution is -2.40. The summed E-state index contributed by atoms with van der Waals surface area (Å²) >= 11 is 0. The van der Waals surface area contributed by atoms with Crippen molar-refractivity contribution in [2.45, 2.75) is 13.1 Å². The molecule has 0 aromatic heterocycles. The molecule has 1 aromatic rings. The van der Waals surface area contributed by atoms with Crippen molar-refractivity contribution in [1.82, 2.24) is 15.5 Å². The lowest BCUT2D eigenvalue weighted by molar-refractivity contribution is -0.137. The molecule has 0 radical (unpaired) electrons. The number of aliphatic imine (C=N–C) groups is 1. The van der Waals surface area contributed by atoms with E-state index >= 15 is 0 Å². The minimum absolute atomic E-state index is 0.00316. The van der Waals surface area contributed by atoms with Crippen LogP contribution in [-0.4, -0.2) is 57.1 Å². The summed E-state index contributed by atoms with van der Waals surface area (Å²) in [5.74, 6) is 0.434. The average Bonchev–Trinajstić information content (AvgIpc) is 2.55. The topological polar surface area (TPSA) is 66.0 Å². The van der Waals surface area contributed by atoms with Gasteiger partial charge in [0.05, 0.1) is 12.1 Å². The number of rotatable bonds is 7. The van der Waals surface area contributed by atoms with Crippen LogP contribution in [0.25, 0.3) is 0 Å². The number of hydrogen-bond donors (Lipinski definition) is 2. The van der Waals surface area contributed by atoms with Gasteiger partial charge in [-0.05, 0) is 25.1 Å². The Hall–Kier alpha value is -2.45. The number of alkyl halides is 3. The van der Waals surface area contributed by atoms with Crippen LogP contribution in [0.1, 0.15) is 12.5 Å². The number of nitrogens with one attached hydrogen (secondary N) is 2. The monoisotopic (exact) mass is 360 g/mol. The first-order valence-electron chi connectivity index (χ1n) is 7.76. The highest BCUT2D eigenvalue weighted by Gasteiger charge is 2.30. The Balaban J connectivity index is 2.49. The van der Waals surface area contributed by atoms with Crippen LogP contribution in [0.4, 0.5) is 13.2 Å². The maximum absolute atomic E-state index is 12.6. The Morgan fingerprint density at radius 2 is 2.00 bits per heavy atom. The van der Waals surface area contributed by atoms with Crippen molar-refractivity contribution in [3.8, 4) is 5.75 Å². The van der Waals surface area contributed by atoms with Gasteiger partial charge in [0.1, 0.15) is 18.9 Å². The number of nitrogens with zero attached hydrogens (tertiary/aromatic N) is 2. The Morgan fingerprint density at radius 3 is 2.60 bits per heavy atom.